The van der Waals surface area contributed by atoms with Gasteiger partial charge in [0.15, 0.2) is 0 Å². The van der Waals surface area contributed by atoms with E-state index in [2.05, 4.69) is 20.1 Å². The molecule has 8 heteroatoms. The molecule has 1 fully saturated rings. The summed E-state index contributed by atoms with van der Waals surface area (Å²) in [5.74, 6) is -0.119. The Balaban J connectivity index is 1.41. The van der Waals surface area contributed by atoms with Crippen molar-refractivity contribution in [2.75, 3.05) is 32.8 Å². The average molecular weight is 355 g/mol. The largest absolute Gasteiger partial charge is 0.339 e. The van der Waals surface area contributed by atoms with Crippen LogP contribution in [-0.2, 0) is 6.54 Å². The van der Waals surface area contributed by atoms with E-state index in [1.54, 1.807) is 48.8 Å². The lowest BCUT2D eigenvalue weighted by atomic mass is 10.2. The molecule has 1 aliphatic rings. The Labute approximate surface area is 151 Å². The fourth-order valence-electron chi connectivity index (χ4n) is 2.87. The van der Waals surface area contributed by atoms with E-state index >= 15 is 0 Å². The van der Waals surface area contributed by atoms with Gasteiger partial charge >= 0.3 is 0 Å². The zero-order valence-corrected chi connectivity index (χ0v) is 14.4. The molecule has 8 nitrogen and oxygen atoms in total. The number of nitro benzene ring substituents is 1. The summed E-state index contributed by atoms with van der Waals surface area (Å²) < 4.78 is 0. The molecule has 3 rings (SSSR count). The summed E-state index contributed by atoms with van der Waals surface area (Å²) in [6.45, 7) is 4.78. The SMILES string of the molecule is O=C(NCN1CCN(Cc2ccc([N+](=O)[O-])cc2)CC1)c1cccnc1. The summed E-state index contributed by atoms with van der Waals surface area (Å²) in [5.41, 5.74) is 1.74. The van der Waals surface area contributed by atoms with Crippen LogP contribution in [0.15, 0.2) is 48.8 Å². The van der Waals surface area contributed by atoms with E-state index in [-0.39, 0.29) is 16.5 Å². The number of piperazine rings is 1. The number of hydrogen-bond acceptors (Lipinski definition) is 6. The highest BCUT2D eigenvalue weighted by Gasteiger charge is 2.18. The maximum atomic E-state index is 12.0. The lowest BCUT2D eigenvalue weighted by Crippen LogP contribution is -2.49. The quantitative estimate of drug-likeness (QED) is 0.624. The monoisotopic (exact) mass is 355 g/mol. The molecule has 2 heterocycles. The maximum absolute atomic E-state index is 12.0. The van der Waals surface area contributed by atoms with Crippen LogP contribution in [0.3, 0.4) is 0 Å². The molecule has 26 heavy (non-hydrogen) atoms. The molecule has 1 N–H and O–H groups in total. The zero-order chi connectivity index (χ0) is 18.4. The van der Waals surface area contributed by atoms with E-state index in [1.165, 1.54) is 0 Å². The van der Waals surface area contributed by atoms with Crippen molar-refractivity contribution in [2.45, 2.75) is 6.54 Å². The number of benzene rings is 1. The lowest BCUT2D eigenvalue weighted by Gasteiger charge is -2.34. The first kappa shape index (κ1) is 18.0. The van der Waals surface area contributed by atoms with Crippen LogP contribution in [0.2, 0.25) is 0 Å². The molecular formula is C18H21N5O3. The van der Waals surface area contributed by atoms with Crippen LogP contribution in [0, 0.1) is 10.1 Å². The van der Waals surface area contributed by atoms with Gasteiger partial charge in [-0.3, -0.25) is 29.7 Å². The highest BCUT2D eigenvalue weighted by atomic mass is 16.6. The Morgan fingerprint density at radius 2 is 1.81 bits per heavy atom. The van der Waals surface area contributed by atoms with Gasteiger partial charge in [0.1, 0.15) is 0 Å². The summed E-state index contributed by atoms with van der Waals surface area (Å²) in [4.78, 5) is 30.8. The minimum absolute atomic E-state index is 0.114. The molecular weight excluding hydrogens is 334 g/mol. The summed E-state index contributed by atoms with van der Waals surface area (Å²) in [5, 5.41) is 13.6. The van der Waals surface area contributed by atoms with Crippen LogP contribution in [0.25, 0.3) is 0 Å². The van der Waals surface area contributed by atoms with Gasteiger partial charge in [-0.2, -0.15) is 0 Å². The third kappa shape index (κ3) is 4.84. The molecule has 0 aliphatic carbocycles. The molecule has 0 radical (unpaired) electrons. The van der Waals surface area contributed by atoms with Crippen molar-refractivity contribution in [3.8, 4) is 0 Å². The number of carbonyl (C=O) groups excluding carboxylic acids is 1. The van der Waals surface area contributed by atoms with Gasteiger partial charge in [-0.25, -0.2) is 0 Å². The van der Waals surface area contributed by atoms with Crippen LogP contribution in [0.1, 0.15) is 15.9 Å². The highest BCUT2D eigenvalue weighted by molar-refractivity contribution is 5.93. The molecule has 0 unspecified atom stereocenters. The normalized spacial score (nSPS) is 15.5. The number of nitrogens with one attached hydrogen (secondary N) is 1. The Hall–Kier alpha value is -2.84. The molecule has 1 saturated heterocycles. The molecule has 1 aliphatic heterocycles. The van der Waals surface area contributed by atoms with Crippen LogP contribution >= 0.6 is 0 Å². The Morgan fingerprint density at radius 1 is 1.12 bits per heavy atom. The van der Waals surface area contributed by atoms with Crippen molar-refractivity contribution in [2.24, 2.45) is 0 Å². The summed E-state index contributed by atoms with van der Waals surface area (Å²) >= 11 is 0. The third-order valence-electron chi connectivity index (χ3n) is 4.41. The van der Waals surface area contributed by atoms with Crippen molar-refractivity contribution < 1.29 is 9.72 Å². The summed E-state index contributed by atoms with van der Waals surface area (Å²) in [7, 11) is 0. The number of carbonyl (C=O) groups is 1. The number of rotatable bonds is 6. The van der Waals surface area contributed by atoms with Crippen molar-refractivity contribution >= 4 is 11.6 Å². The van der Waals surface area contributed by atoms with E-state index in [0.29, 0.717) is 12.2 Å². The first-order valence-corrected chi connectivity index (χ1v) is 8.48. The fraction of sp³-hybridized carbons (Fsp3) is 0.333. The number of aromatic nitrogens is 1. The number of amides is 1. The standard InChI is InChI=1S/C18H21N5O3/c24-18(16-2-1-7-19-12-16)20-14-22-10-8-21(9-11-22)13-15-3-5-17(6-4-15)23(25)26/h1-7,12H,8-11,13-14H2,(H,20,24). The molecule has 1 aromatic heterocycles. The van der Waals surface area contributed by atoms with Crippen LogP contribution in [-0.4, -0.2) is 58.5 Å². The molecule has 136 valence electrons. The number of pyridine rings is 1. The fourth-order valence-corrected chi connectivity index (χ4v) is 2.87. The van der Waals surface area contributed by atoms with Gasteiger partial charge in [0.25, 0.3) is 11.6 Å². The van der Waals surface area contributed by atoms with E-state index in [1.807, 2.05) is 0 Å². The second-order valence-corrected chi connectivity index (χ2v) is 6.22. The van der Waals surface area contributed by atoms with E-state index < -0.39 is 0 Å². The van der Waals surface area contributed by atoms with Gasteiger partial charge in [0.2, 0.25) is 0 Å². The topological polar surface area (TPSA) is 91.6 Å². The van der Waals surface area contributed by atoms with E-state index in [4.69, 9.17) is 0 Å². The Bertz CT molecular complexity index is 743. The first-order valence-electron chi connectivity index (χ1n) is 8.48. The van der Waals surface area contributed by atoms with Gasteiger partial charge in [-0.1, -0.05) is 12.1 Å². The highest BCUT2D eigenvalue weighted by Crippen LogP contribution is 2.14. The first-order chi connectivity index (χ1) is 12.6. The molecule has 1 amide bonds. The number of nitrogens with zero attached hydrogens (tertiary/aromatic N) is 4. The molecule has 1 aromatic carbocycles. The number of nitro groups is 1. The summed E-state index contributed by atoms with van der Waals surface area (Å²) in [6, 6.07) is 10.2. The van der Waals surface area contributed by atoms with Crippen molar-refractivity contribution in [1.82, 2.24) is 20.1 Å². The third-order valence-corrected chi connectivity index (χ3v) is 4.41. The Kier molecular flexibility index (Phi) is 5.88. The van der Waals surface area contributed by atoms with E-state index in [9.17, 15) is 14.9 Å². The minimum atomic E-state index is -0.387. The van der Waals surface area contributed by atoms with E-state index in [0.717, 1.165) is 38.3 Å². The number of hydrogen-bond donors (Lipinski definition) is 1. The smallest absolute Gasteiger partial charge is 0.269 e. The molecule has 0 spiro atoms. The predicted octanol–water partition coefficient (Wildman–Crippen LogP) is 1.49. The lowest BCUT2D eigenvalue weighted by molar-refractivity contribution is -0.384. The maximum Gasteiger partial charge on any atom is 0.269 e. The molecule has 0 saturated carbocycles. The summed E-state index contributed by atoms with van der Waals surface area (Å²) in [6.07, 6.45) is 3.19. The second-order valence-electron chi connectivity index (χ2n) is 6.22. The average Bonchev–Trinajstić information content (AvgIpc) is 2.68. The minimum Gasteiger partial charge on any atom is -0.339 e. The van der Waals surface area contributed by atoms with Crippen LogP contribution < -0.4 is 5.32 Å². The van der Waals surface area contributed by atoms with Gasteiger partial charge in [-0.05, 0) is 17.7 Å². The van der Waals surface area contributed by atoms with Crippen LogP contribution in [0.5, 0.6) is 0 Å². The van der Waals surface area contributed by atoms with Gasteiger partial charge in [0, 0.05) is 57.3 Å². The zero-order valence-electron chi connectivity index (χ0n) is 14.4. The van der Waals surface area contributed by atoms with Crippen LogP contribution in [0.4, 0.5) is 5.69 Å². The van der Waals surface area contributed by atoms with Gasteiger partial charge in [0.05, 0.1) is 17.2 Å². The van der Waals surface area contributed by atoms with Crippen molar-refractivity contribution in [3.63, 3.8) is 0 Å². The molecule has 0 bridgehead atoms. The van der Waals surface area contributed by atoms with Crippen molar-refractivity contribution in [1.29, 1.82) is 0 Å². The predicted molar refractivity (Wildman–Crippen MR) is 96.5 cm³/mol. The molecule has 2 aromatic rings. The van der Waals surface area contributed by atoms with Gasteiger partial charge in [-0.15, -0.1) is 0 Å². The Morgan fingerprint density at radius 3 is 2.42 bits per heavy atom. The van der Waals surface area contributed by atoms with Crippen molar-refractivity contribution in [3.05, 3.63) is 70.0 Å². The molecule has 0 atom stereocenters. The second kappa shape index (κ2) is 8.50. The number of non-ortho nitro benzene ring substituents is 1. The van der Waals surface area contributed by atoms with Gasteiger partial charge < -0.3 is 5.32 Å².